The molecule has 1 atom stereocenters. The number of nitrogens with one attached hydrogen (secondary N) is 4. The second-order valence-electron chi connectivity index (χ2n) is 18.9. The van der Waals surface area contributed by atoms with E-state index in [1.54, 1.807) is 42.1 Å². The summed E-state index contributed by atoms with van der Waals surface area (Å²) in [4.78, 5) is 87.6. The first kappa shape index (κ1) is 58.7. The third kappa shape index (κ3) is 22.9. The molecule has 0 radical (unpaired) electrons. The van der Waals surface area contributed by atoms with Crippen molar-refractivity contribution in [1.29, 1.82) is 0 Å². The van der Waals surface area contributed by atoms with Gasteiger partial charge in [-0.15, -0.1) is 5.10 Å². The molecule has 1 aliphatic carbocycles. The minimum atomic E-state index is -0.845. The fraction of sp³-hybridized carbons (Fsp3) is 0.660. The lowest BCUT2D eigenvalue weighted by Gasteiger charge is -2.30. The van der Waals surface area contributed by atoms with Gasteiger partial charge in [-0.1, -0.05) is 44.5 Å². The van der Waals surface area contributed by atoms with E-state index in [0.717, 1.165) is 18.4 Å². The average Bonchev–Trinajstić information content (AvgIpc) is 3.91. The number of esters is 1. The van der Waals surface area contributed by atoms with Crippen molar-refractivity contribution in [2.45, 2.75) is 156 Å². The quantitative estimate of drug-likeness (QED) is 0.0417. The van der Waals surface area contributed by atoms with Crippen LogP contribution in [-0.2, 0) is 72.2 Å². The molecule has 2 aromatic rings. The zero-order valence-electron chi connectivity index (χ0n) is 42.5. The highest BCUT2D eigenvalue weighted by Crippen LogP contribution is 2.30. The molecular formula is C50H79N9O11. The number of anilines is 1. The largest absolute Gasteiger partial charge is 0.461 e. The number of amides is 6. The molecule has 0 unspecified atom stereocenters. The van der Waals surface area contributed by atoms with Gasteiger partial charge in [-0.2, -0.15) is 0 Å². The number of carbonyl (C=O) groups is 7. The van der Waals surface area contributed by atoms with Crippen molar-refractivity contribution in [2.75, 3.05) is 51.4 Å². The maximum atomic E-state index is 13.1. The molecule has 20 nitrogen and oxygen atoms in total. The van der Waals surface area contributed by atoms with E-state index in [0.29, 0.717) is 95.7 Å². The molecule has 20 heteroatoms. The smallest absolute Gasteiger partial charge is 0.305 e. The van der Waals surface area contributed by atoms with Crippen molar-refractivity contribution in [3.8, 4) is 0 Å². The van der Waals surface area contributed by atoms with Crippen molar-refractivity contribution in [1.82, 2.24) is 35.8 Å². The summed E-state index contributed by atoms with van der Waals surface area (Å²) in [6, 6.07) is 6.01. The maximum absolute atomic E-state index is 13.1. The molecule has 70 heavy (non-hydrogen) atoms. The highest BCUT2D eigenvalue weighted by Gasteiger charge is 2.31. The van der Waals surface area contributed by atoms with Crippen LogP contribution in [0.5, 0.6) is 0 Å². The molecular weight excluding hydrogens is 903 g/mol. The molecule has 1 aliphatic heterocycles. The average molecular weight is 982 g/mol. The number of hydrogen-bond donors (Lipinski definition) is 5. The van der Waals surface area contributed by atoms with Crippen molar-refractivity contribution in [3.63, 3.8) is 0 Å². The van der Waals surface area contributed by atoms with Crippen LogP contribution in [0.3, 0.4) is 0 Å². The molecule has 6 N–H and O–H groups in total. The zero-order chi connectivity index (χ0) is 51.5. The molecule has 4 rings (SSSR count). The van der Waals surface area contributed by atoms with Gasteiger partial charge >= 0.3 is 5.97 Å². The molecule has 1 fully saturated rings. The summed E-state index contributed by atoms with van der Waals surface area (Å²) in [5.74, 6) is -2.14. The fourth-order valence-electron chi connectivity index (χ4n) is 7.43. The Hall–Kier alpha value is -5.57. The van der Waals surface area contributed by atoms with E-state index in [4.69, 9.17) is 24.7 Å². The number of rotatable bonds is 30. The highest BCUT2D eigenvalue weighted by atomic mass is 16.5. The summed E-state index contributed by atoms with van der Waals surface area (Å²) in [7, 11) is 0. The zero-order valence-corrected chi connectivity index (χ0v) is 42.5. The SMILES string of the molecule is CCC.CCC(=O)OCc1ccc(NC(=O)[C@H](CCCCN)NC(=O)COCC(=O)NCCC(C)(C)OCCC(C)(C)OCCn2cc(CNC(=O)C3CCC(CN4C(=O)C=CC4=O)CC3)nn2)cc1. The highest BCUT2D eigenvalue weighted by molar-refractivity contribution is 6.12. The number of imide groups is 1. The van der Waals surface area contributed by atoms with Crippen LogP contribution in [0.25, 0.3) is 0 Å². The van der Waals surface area contributed by atoms with E-state index >= 15 is 0 Å². The molecule has 1 saturated carbocycles. The second kappa shape index (κ2) is 30.9. The number of unbranched alkanes of at least 4 members (excludes halogenated alkanes) is 1. The number of benzene rings is 1. The molecule has 0 saturated heterocycles. The number of carbonyl (C=O) groups excluding carboxylic acids is 7. The Kier molecular flexibility index (Phi) is 25.9. The van der Waals surface area contributed by atoms with Crippen LogP contribution >= 0.6 is 0 Å². The normalized spacial score (nSPS) is 16.3. The molecule has 2 heterocycles. The summed E-state index contributed by atoms with van der Waals surface area (Å²) in [5.41, 5.74) is 6.52. The Bertz CT molecular complexity index is 1980. The third-order valence-electron chi connectivity index (χ3n) is 11.6. The summed E-state index contributed by atoms with van der Waals surface area (Å²) in [6.07, 6.45) is 11.7. The van der Waals surface area contributed by atoms with Crippen molar-refractivity contribution >= 4 is 47.1 Å². The first-order chi connectivity index (χ1) is 33.4. The lowest BCUT2D eigenvalue weighted by atomic mass is 9.81. The minimum Gasteiger partial charge on any atom is -0.461 e. The van der Waals surface area contributed by atoms with E-state index in [1.807, 2.05) is 27.7 Å². The van der Waals surface area contributed by atoms with E-state index in [1.165, 1.54) is 23.5 Å². The Labute approximate surface area is 413 Å². The molecule has 6 amide bonds. The van der Waals surface area contributed by atoms with Crippen LogP contribution in [-0.4, -0.2) is 125 Å². The van der Waals surface area contributed by atoms with Crippen LogP contribution in [0.2, 0.25) is 0 Å². The number of nitrogens with zero attached hydrogens (tertiary/aromatic N) is 4. The van der Waals surface area contributed by atoms with Gasteiger partial charge in [-0.25, -0.2) is 4.68 Å². The molecule has 0 spiro atoms. The van der Waals surface area contributed by atoms with Crippen molar-refractivity contribution in [3.05, 3.63) is 53.9 Å². The molecule has 2 aliphatic rings. The molecule has 390 valence electrons. The molecule has 0 bridgehead atoms. The van der Waals surface area contributed by atoms with Gasteiger partial charge in [-0.05, 0) is 116 Å². The number of hydrogen-bond acceptors (Lipinski definition) is 14. The third-order valence-corrected chi connectivity index (χ3v) is 11.6. The van der Waals surface area contributed by atoms with Gasteiger partial charge < -0.3 is 45.9 Å². The Morgan fingerprint density at radius 3 is 2.14 bits per heavy atom. The van der Waals surface area contributed by atoms with Gasteiger partial charge in [-0.3, -0.25) is 38.5 Å². The van der Waals surface area contributed by atoms with E-state index in [2.05, 4.69) is 45.4 Å². The van der Waals surface area contributed by atoms with Gasteiger partial charge in [0.15, 0.2) is 0 Å². The van der Waals surface area contributed by atoms with Gasteiger partial charge in [0.25, 0.3) is 11.8 Å². The standard InChI is InChI=1S/C47H71N9O11.C3H8/c1-6-43(61)65-30-34-12-16-36(17-13-34)51-45(63)38(9-7-8-22-48)52-40(58)32-64-31-39(57)49-23-20-46(2,3)66-25-21-47(4,5)67-26-24-55-29-37(53-54-55)27-50-44(62)35-14-10-33(11-15-35)28-56-41(59)18-19-42(56)60;1-3-2/h12-13,16-19,29,33,35,38H,6-11,14-15,20-28,30-32,48H2,1-5H3,(H,49,57)(H,50,62)(H,51,63)(H,52,58);3H2,1-2H3/t33?,35?,38-;/m0./s1. The topological polar surface area (TPSA) is 264 Å². The fourth-order valence-corrected chi connectivity index (χ4v) is 7.43. The van der Waals surface area contributed by atoms with E-state index in [-0.39, 0.29) is 61.7 Å². The first-order valence-corrected chi connectivity index (χ1v) is 24.7. The van der Waals surface area contributed by atoms with Crippen LogP contribution in [0.4, 0.5) is 5.69 Å². The summed E-state index contributed by atoms with van der Waals surface area (Å²) >= 11 is 0. The van der Waals surface area contributed by atoms with Crippen LogP contribution in [0.15, 0.2) is 42.6 Å². The van der Waals surface area contributed by atoms with E-state index in [9.17, 15) is 33.6 Å². The second-order valence-corrected chi connectivity index (χ2v) is 18.9. The molecule has 1 aromatic heterocycles. The predicted molar refractivity (Wildman–Crippen MR) is 262 cm³/mol. The first-order valence-electron chi connectivity index (χ1n) is 24.7. The Morgan fingerprint density at radius 2 is 1.49 bits per heavy atom. The Morgan fingerprint density at radius 1 is 0.843 bits per heavy atom. The minimum absolute atomic E-state index is 0.0342. The summed E-state index contributed by atoms with van der Waals surface area (Å²) in [5, 5.41) is 19.6. The van der Waals surface area contributed by atoms with Gasteiger partial charge in [0, 0.05) is 43.3 Å². The Balaban J connectivity index is 0.00000421. The number of aromatic nitrogens is 3. The van der Waals surface area contributed by atoms with Gasteiger partial charge in [0.2, 0.25) is 23.6 Å². The lowest BCUT2D eigenvalue weighted by molar-refractivity contribution is -0.144. The summed E-state index contributed by atoms with van der Waals surface area (Å²) in [6.45, 7) is 15.9. The number of ether oxygens (including phenoxy) is 4. The molecule has 1 aromatic carbocycles. The van der Waals surface area contributed by atoms with Crippen LogP contribution < -0.4 is 27.0 Å². The monoisotopic (exact) mass is 982 g/mol. The maximum Gasteiger partial charge on any atom is 0.305 e. The van der Waals surface area contributed by atoms with Gasteiger partial charge in [0.1, 0.15) is 31.6 Å². The van der Waals surface area contributed by atoms with Crippen molar-refractivity contribution < 1.29 is 52.5 Å². The van der Waals surface area contributed by atoms with Crippen molar-refractivity contribution in [2.24, 2.45) is 17.6 Å². The van der Waals surface area contributed by atoms with E-state index < -0.39 is 41.6 Å². The lowest BCUT2D eigenvalue weighted by Crippen LogP contribution is -2.45. The van der Waals surface area contributed by atoms with Crippen LogP contribution in [0, 0.1) is 11.8 Å². The summed E-state index contributed by atoms with van der Waals surface area (Å²) < 4.78 is 24.5. The van der Waals surface area contributed by atoms with Crippen LogP contribution in [0.1, 0.15) is 130 Å². The number of nitrogens with two attached hydrogens (primary N) is 1. The van der Waals surface area contributed by atoms with Gasteiger partial charge in [0.05, 0.1) is 43.7 Å². The predicted octanol–water partition coefficient (Wildman–Crippen LogP) is 4.25.